The number of hydrogen-bond donors (Lipinski definition) is 1. The van der Waals surface area contributed by atoms with Crippen LogP contribution in [0.15, 0.2) is 17.5 Å². The average molecular weight is 317 g/mol. The van der Waals surface area contributed by atoms with Gasteiger partial charge in [0.15, 0.2) is 0 Å². The van der Waals surface area contributed by atoms with Crippen LogP contribution in [0, 0.1) is 6.92 Å². The van der Waals surface area contributed by atoms with Crippen molar-refractivity contribution in [2.75, 3.05) is 6.54 Å². The Hall–Kier alpha value is -0.810. The Morgan fingerprint density at radius 2 is 2.16 bits per heavy atom. The summed E-state index contributed by atoms with van der Waals surface area (Å²) in [6, 6.07) is 3.51. The Morgan fingerprint density at radius 1 is 1.37 bits per heavy atom. The molecule has 19 heavy (non-hydrogen) atoms. The van der Waals surface area contributed by atoms with Crippen LogP contribution in [0.25, 0.3) is 0 Å². The first-order chi connectivity index (χ1) is 9.10. The summed E-state index contributed by atoms with van der Waals surface area (Å²) in [5, 5.41) is 4.08. The second kappa shape index (κ2) is 6.57. The van der Waals surface area contributed by atoms with Gasteiger partial charge in [-0.2, -0.15) is 0 Å². The van der Waals surface area contributed by atoms with Gasteiger partial charge in [0.2, 0.25) is 0 Å². The van der Waals surface area contributed by atoms with E-state index >= 15 is 0 Å². The molecule has 0 atom stereocenters. The number of ether oxygens (including phenoxy) is 1. The molecule has 2 rings (SSSR count). The van der Waals surface area contributed by atoms with Crippen LogP contribution in [0.5, 0.6) is 5.75 Å². The quantitative estimate of drug-likeness (QED) is 0.911. The number of halogens is 2. The topological polar surface area (TPSA) is 48.1 Å². The molecule has 1 aromatic heterocycles. The fraction of sp³-hybridized carbons (Fsp3) is 0.308. The van der Waals surface area contributed by atoms with Crippen molar-refractivity contribution in [1.29, 1.82) is 0 Å². The molecular weight excluding hydrogens is 303 g/mol. The molecule has 0 spiro atoms. The van der Waals surface area contributed by atoms with Crippen LogP contribution in [0.1, 0.15) is 16.3 Å². The zero-order valence-corrected chi connectivity index (χ0v) is 12.8. The SMILES string of the molecule is Cc1nc(COc2c(Cl)cc(Cl)cc2CCN)cs1. The molecular formula is C13H14Cl2N2OS. The summed E-state index contributed by atoms with van der Waals surface area (Å²) in [6.45, 7) is 2.87. The van der Waals surface area contributed by atoms with Crippen molar-refractivity contribution in [3.8, 4) is 5.75 Å². The molecule has 2 aromatic rings. The van der Waals surface area contributed by atoms with Gasteiger partial charge < -0.3 is 10.5 Å². The van der Waals surface area contributed by atoms with Crippen LogP contribution >= 0.6 is 34.5 Å². The first kappa shape index (κ1) is 14.6. The maximum atomic E-state index is 6.17. The van der Waals surface area contributed by atoms with Crippen molar-refractivity contribution in [1.82, 2.24) is 4.98 Å². The van der Waals surface area contributed by atoms with Gasteiger partial charge in [0.1, 0.15) is 12.4 Å². The van der Waals surface area contributed by atoms with Gasteiger partial charge in [0.25, 0.3) is 0 Å². The lowest BCUT2D eigenvalue weighted by Gasteiger charge is -2.12. The van der Waals surface area contributed by atoms with Crippen molar-refractivity contribution >= 4 is 34.5 Å². The molecule has 0 saturated heterocycles. The fourth-order valence-corrected chi connectivity index (χ4v) is 2.92. The summed E-state index contributed by atoms with van der Waals surface area (Å²) in [4.78, 5) is 4.35. The molecule has 0 saturated carbocycles. The lowest BCUT2D eigenvalue weighted by Crippen LogP contribution is -2.06. The van der Waals surface area contributed by atoms with Gasteiger partial charge in [-0.05, 0) is 37.6 Å². The molecule has 3 nitrogen and oxygen atoms in total. The molecule has 102 valence electrons. The van der Waals surface area contributed by atoms with Crippen molar-refractivity contribution in [2.45, 2.75) is 20.0 Å². The minimum Gasteiger partial charge on any atom is -0.485 e. The third-order valence-electron chi connectivity index (χ3n) is 2.53. The summed E-state index contributed by atoms with van der Waals surface area (Å²) in [5.41, 5.74) is 7.41. The maximum absolute atomic E-state index is 6.17. The van der Waals surface area contributed by atoms with Crippen LogP contribution in [0.3, 0.4) is 0 Å². The summed E-state index contributed by atoms with van der Waals surface area (Å²) in [6.07, 6.45) is 0.672. The van der Waals surface area contributed by atoms with Crippen molar-refractivity contribution in [3.63, 3.8) is 0 Å². The van der Waals surface area contributed by atoms with E-state index < -0.39 is 0 Å². The van der Waals surface area contributed by atoms with Gasteiger partial charge in [-0.3, -0.25) is 0 Å². The molecule has 0 aliphatic heterocycles. The van der Waals surface area contributed by atoms with Crippen molar-refractivity contribution in [2.24, 2.45) is 5.73 Å². The van der Waals surface area contributed by atoms with Crippen molar-refractivity contribution < 1.29 is 4.74 Å². The monoisotopic (exact) mass is 316 g/mol. The Morgan fingerprint density at radius 3 is 2.79 bits per heavy atom. The van der Waals surface area contributed by atoms with E-state index in [0.29, 0.717) is 35.4 Å². The van der Waals surface area contributed by atoms with E-state index in [1.807, 2.05) is 18.4 Å². The van der Waals surface area contributed by atoms with E-state index in [0.717, 1.165) is 16.3 Å². The third kappa shape index (κ3) is 3.83. The van der Waals surface area contributed by atoms with Gasteiger partial charge in [-0.15, -0.1) is 11.3 Å². The number of thiazole rings is 1. The second-order valence-electron chi connectivity index (χ2n) is 4.06. The van der Waals surface area contributed by atoms with E-state index in [4.69, 9.17) is 33.7 Å². The number of nitrogens with two attached hydrogens (primary N) is 1. The molecule has 1 aromatic carbocycles. The van der Waals surface area contributed by atoms with Gasteiger partial charge >= 0.3 is 0 Å². The summed E-state index contributed by atoms with van der Waals surface area (Å²) in [5.74, 6) is 0.641. The van der Waals surface area contributed by atoms with Gasteiger partial charge in [-0.25, -0.2) is 4.98 Å². The standard InChI is InChI=1S/C13H14Cl2N2OS/c1-8-17-11(7-19-8)6-18-13-9(2-3-16)4-10(14)5-12(13)15/h4-5,7H,2-3,6,16H2,1H3. The fourth-order valence-electron chi connectivity index (χ4n) is 1.74. The normalized spacial score (nSPS) is 10.7. The zero-order valence-electron chi connectivity index (χ0n) is 10.5. The van der Waals surface area contributed by atoms with E-state index in [1.54, 1.807) is 17.4 Å². The molecule has 6 heteroatoms. The van der Waals surface area contributed by atoms with E-state index in [9.17, 15) is 0 Å². The van der Waals surface area contributed by atoms with Crippen LogP contribution in [0.2, 0.25) is 10.0 Å². The Balaban J connectivity index is 2.18. The predicted molar refractivity (Wildman–Crippen MR) is 80.4 cm³/mol. The lowest BCUT2D eigenvalue weighted by atomic mass is 10.1. The van der Waals surface area contributed by atoms with Gasteiger partial charge in [0.05, 0.1) is 15.7 Å². The first-order valence-corrected chi connectivity index (χ1v) is 7.45. The van der Waals surface area contributed by atoms with Gasteiger partial charge in [0, 0.05) is 10.4 Å². The summed E-state index contributed by atoms with van der Waals surface area (Å²) < 4.78 is 5.77. The summed E-state index contributed by atoms with van der Waals surface area (Å²) in [7, 11) is 0. The molecule has 2 N–H and O–H groups in total. The number of aromatic nitrogens is 1. The Kier molecular flexibility index (Phi) is 5.05. The lowest BCUT2D eigenvalue weighted by molar-refractivity contribution is 0.299. The second-order valence-corrected chi connectivity index (χ2v) is 5.97. The molecule has 0 amide bonds. The highest BCUT2D eigenvalue weighted by Crippen LogP contribution is 2.33. The van der Waals surface area contributed by atoms with Crippen LogP contribution in [-0.2, 0) is 13.0 Å². The zero-order chi connectivity index (χ0) is 13.8. The minimum absolute atomic E-state index is 0.392. The van der Waals surface area contributed by atoms with Crippen molar-refractivity contribution in [3.05, 3.63) is 43.8 Å². The van der Waals surface area contributed by atoms with Crippen LogP contribution in [-0.4, -0.2) is 11.5 Å². The molecule has 1 heterocycles. The molecule has 0 unspecified atom stereocenters. The Bertz CT molecular complexity index is 572. The Labute approximate surface area is 126 Å². The molecule has 0 bridgehead atoms. The number of rotatable bonds is 5. The number of nitrogens with zero attached hydrogens (tertiary/aromatic N) is 1. The van der Waals surface area contributed by atoms with Crippen LogP contribution < -0.4 is 10.5 Å². The average Bonchev–Trinajstić information content (AvgIpc) is 2.74. The highest BCUT2D eigenvalue weighted by molar-refractivity contribution is 7.09. The minimum atomic E-state index is 0.392. The van der Waals surface area contributed by atoms with E-state index in [2.05, 4.69) is 4.98 Å². The maximum Gasteiger partial charge on any atom is 0.141 e. The molecule has 0 fully saturated rings. The third-order valence-corrected chi connectivity index (χ3v) is 3.85. The van der Waals surface area contributed by atoms with E-state index in [1.165, 1.54) is 0 Å². The number of hydrogen-bond acceptors (Lipinski definition) is 4. The highest BCUT2D eigenvalue weighted by atomic mass is 35.5. The largest absolute Gasteiger partial charge is 0.485 e. The molecule has 0 radical (unpaired) electrons. The molecule has 0 aliphatic carbocycles. The predicted octanol–water partition coefficient (Wildman–Crippen LogP) is 3.84. The number of aryl methyl sites for hydroxylation is 1. The molecule has 0 aliphatic rings. The van der Waals surface area contributed by atoms with E-state index in [-0.39, 0.29) is 0 Å². The van der Waals surface area contributed by atoms with Gasteiger partial charge in [-0.1, -0.05) is 23.2 Å². The smallest absolute Gasteiger partial charge is 0.141 e. The highest BCUT2D eigenvalue weighted by Gasteiger charge is 2.11. The van der Waals surface area contributed by atoms with Crippen LogP contribution in [0.4, 0.5) is 0 Å². The first-order valence-electron chi connectivity index (χ1n) is 5.82. The number of benzene rings is 1. The summed E-state index contributed by atoms with van der Waals surface area (Å²) >= 11 is 13.8.